The molecule has 0 aromatic rings. The number of hydrogen-bond donors (Lipinski definition) is 0. The van der Waals surface area contributed by atoms with Gasteiger partial charge in [0, 0.05) is 0 Å². The lowest BCUT2D eigenvalue weighted by Crippen LogP contribution is -2.34. The van der Waals surface area contributed by atoms with Gasteiger partial charge in [0.1, 0.15) is 5.16 Å². The van der Waals surface area contributed by atoms with E-state index in [9.17, 15) is 9.36 Å². The summed E-state index contributed by atoms with van der Waals surface area (Å²) in [5.41, 5.74) is 0. The van der Waals surface area contributed by atoms with E-state index < -0.39 is 5.16 Å². The maximum Gasteiger partial charge on any atom is 0.323 e. The maximum absolute atomic E-state index is 11.8. The van der Waals surface area contributed by atoms with E-state index >= 15 is 0 Å². The van der Waals surface area contributed by atoms with Gasteiger partial charge in [-0.3, -0.25) is 9.36 Å². The average Bonchev–Trinajstić information content (AvgIpc) is 2.25. The van der Waals surface area contributed by atoms with Gasteiger partial charge in [-0.1, -0.05) is 33.6 Å². The molecule has 0 aliphatic heterocycles. The summed E-state index contributed by atoms with van der Waals surface area (Å²) in [6.07, 6.45) is 3.76. The van der Waals surface area contributed by atoms with Gasteiger partial charge < -0.3 is 4.74 Å². The largest absolute Gasteiger partial charge is 0.465 e. The second-order valence-electron chi connectivity index (χ2n) is 3.76. The number of carbonyl (C=O) groups excluding carboxylic acids is 1. The van der Waals surface area contributed by atoms with Crippen LogP contribution in [0.5, 0.6) is 0 Å². The van der Waals surface area contributed by atoms with E-state index in [0.29, 0.717) is 19.4 Å². The second-order valence-corrected chi connectivity index (χ2v) is 4.80. The molecule has 0 aliphatic carbocycles. The molecule has 0 radical (unpaired) electrons. The molecule has 0 rings (SSSR count). The van der Waals surface area contributed by atoms with Crippen LogP contribution in [-0.4, -0.2) is 17.7 Å². The summed E-state index contributed by atoms with van der Waals surface area (Å²) in [6, 6.07) is 0. The molecule has 0 aromatic heterocycles. The van der Waals surface area contributed by atoms with Crippen LogP contribution in [0.4, 0.5) is 0 Å². The van der Waals surface area contributed by atoms with E-state index in [1.54, 1.807) is 0 Å². The Morgan fingerprint density at radius 2 is 1.67 bits per heavy atom. The fraction of sp³-hybridized carbons (Fsp3) is 0.909. The van der Waals surface area contributed by atoms with E-state index in [0.717, 1.165) is 19.3 Å². The SMILES string of the molecule is CCCOC(=O)C(CCC)(CCC)P=O. The molecular formula is C11H21O3P. The van der Waals surface area contributed by atoms with Gasteiger partial charge >= 0.3 is 5.97 Å². The summed E-state index contributed by atoms with van der Waals surface area (Å²) in [4.78, 5) is 11.8. The molecule has 0 atom stereocenters. The molecule has 0 aromatic carbocycles. The van der Waals surface area contributed by atoms with Gasteiger partial charge in [0.2, 0.25) is 0 Å². The Kier molecular flexibility index (Phi) is 7.59. The van der Waals surface area contributed by atoms with Crippen molar-refractivity contribution >= 4 is 14.4 Å². The van der Waals surface area contributed by atoms with Gasteiger partial charge in [0.05, 0.1) is 6.61 Å². The zero-order valence-corrected chi connectivity index (χ0v) is 10.8. The third kappa shape index (κ3) is 4.29. The molecule has 3 nitrogen and oxygen atoms in total. The Morgan fingerprint density at radius 3 is 2.00 bits per heavy atom. The normalized spacial score (nSPS) is 11.7. The molecule has 0 N–H and O–H groups in total. The smallest absolute Gasteiger partial charge is 0.323 e. The fourth-order valence-electron chi connectivity index (χ4n) is 1.61. The van der Waals surface area contributed by atoms with Crippen molar-refractivity contribution < 1.29 is 14.1 Å². The van der Waals surface area contributed by atoms with Crippen molar-refractivity contribution in [2.24, 2.45) is 0 Å². The Morgan fingerprint density at radius 1 is 1.13 bits per heavy atom. The van der Waals surface area contributed by atoms with Crippen LogP contribution in [-0.2, 0) is 14.1 Å². The summed E-state index contributed by atoms with van der Waals surface area (Å²) >= 11 is 0. The summed E-state index contributed by atoms with van der Waals surface area (Å²) in [5, 5.41) is -0.793. The minimum absolute atomic E-state index is 0.0998. The monoisotopic (exact) mass is 232 g/mol. The Labute approximate surface area is 93.8 Å². The van der Waals surface area contributed by atoms with Gasteiger partial charge in [0.25, 0.3) is 0 Å². The van der Waals surface area contributed by atoms with Crippen molar-refractivity contribution in [3.05, 3.63) is 0 Å². The minimum Gasteiger partial charge on any atom is -0.465 e. The second kappa shape index (κ2) is 7.81. The highest BCUT2D eigenvalue weighted by Gasteiger charge is 2.39. The van der Waals surface area contributed by atoms with Crippen LogP contribution in [0.2, 0.25) is 0 Å². The lowest BCUT2D eigenvalue weighted by molar-refractivity contribution is -0.147. The number of rotatable bonds is 8. The standard InChI is InChI=1S/C11H21O3P/c1-4-7-11(15-13,8-5-2)10(12)14-9-6-3/h4-9H2,1-3H3. The first-order valence-electron chi connectivity index (χ1n) is 5.68. The van der Waals surface area contributed by atoms with Crippen LogP contribution in [0, 0.1) is 0 Å². The molecule has 0 heterocycles. The first-order valence-corrected chi connectivity index (χ1v) is 6.49. The van der Waals surface area contributed by atoms with Crippen molar-refractivity contribution in [2.75, 3.05) is 6.61 Å². The molecular weight excluding hydrogens is 211 g/mol. The van der Waals surface area contributed by atoms with Crippen molar-refractivity contribution in [3.8, 4) is 0 Å². The Balaban J connectivity index is 4.56. The zero-order chi connectivity index (χ0) is 11.7. The molecule has 0 saturated carbocycles. The Bertz CT molecular complexity index is 198. The van der Waals surface area contributed by atoms with E-state index in [2.05, 4.69) is 0 Å². The van der Waals surface area contributed by atoms with Gasteiger partial charge in [-0.2, -0.15) is 0 Å². The first kappa shape index (κ1) is 14.6. The van der Waals surface area contributed by atoms with Crippen molar-refractivity contribution in [1.29, 1.82) is 0 Å². The molecule has 15 heavy (non-hydrogen) atoms. The minimum atomic E-state index is -0.793. The number of carbonyl (C=O) groups is 1. The quantitative estimate of drug-likeness (QED) is 0.474. The maximum atomic E-state index is 11.8. The molecule has 0 spiro atoms. The lowest BCUT2D eigenvalue weighted by atomic mass is 9.97. The molecule has 0 aliphatic rings. The first-order chi connectivity index (χ1) is 7.16. The molecule has 0 saturated heterocycles. The summed E-state index contributed by atoms with van der Waals surface area (Å²) in [6.45, 7) is 6.35. The lowest BCUT2D eigenvalue weighted by Gasteiger charge is -2.23. The van der Waals surface area contributed by atoms with Crippen LogP contribution in [0.1, 0.15) is 52.9 Å². The van der Waals surface area contributed by atoms with Crippen molar-refractivity contribution in [2.45, 2.75) is 58.0 Å². The molecule has 0 unspecified atom stereocenters. The zero-order valence-electron chi connectivity index (χ0n) is 9.91. The van der Waals surface area contributed by atoms with Gasteiger partial charge in [-0.25, -0.2) is 0 Å². The van der Waals surface area contributed by atoms with Crippen molar-refractivity contribution in [3.63, 3.8) is 0 Å². The molecule has 0 amide bonds. The topological polar surface area (TPSA) is 43.4 Å². The van der Waals surface area contributed by atoms with Gasteiger partial charge in [-0.05, 0) is 19.3 Å². The molecule has 4 heteroatoms. The Hall–Kier alpha value is -0.430. The van der Waals surface area contributed by atoms with Crippen LogP contribution >= 0.6 is 8.46 Å². The summed E-state index contributed by atoms with van der Waals surface area (Å²) < 4.78 is 16.3. The highest BCUT2D eigenvalue weighted by molar-refractivity contribution is 7.27. The highest BCUT2D eigenvalue weighted by atomic mass is 31.1. The predicted molar refractivity (Wildman–Crippen MR) is 61.4 cm³/mol. The molecule has 0 bridgehead atoms. The van der Waals surface area contributed by atoms with Gasteiger partial charge in [-0.15, -0.1) is 0 Å². The molecule has 88 valence electrons. The number of hydrogen-bond acceptors (Lipinski definition) is 3. The summed E-state index contributed by atoms with van der Waals surface area (Å²) in [7, 11) is -0.0998. The third-order valence-corrected chi connectivity index (χ3v) is 3.30. The fourth-order valence-corrected chi connectivity index (χ4v) is 2.38. The van der Waals surface area contributed by atoms with E-state index in [1.165, 1.54) is 0 Å². The predicted octanol–water partition coefficient (Wildman–Crippen LogP) is 3.57. The number of ether oxygens (including phenoxy) is 1. The van der Waals surface area contributed by atoms with E-state index in [-0.39, 0.29) is 14.4 Å². The summed E-state index contributed by atoms with van der Waals surface area (Å²) in [5.74, 6) is -0.301. The number of esters is 1. The third-order valence-electron chi connectivity index (χ3n) is 2.32. The highest BCUT2D eigenvalue weighted by Crippen LogP contribution is 2.35. The van der Waals surface area contributed by atoms with E-state index in [1.807, 2.05) is 20.8 Å². The average molecular weight is 232 g/mol. The molecule has 0 fully saturated rings. The van der Waals surface area contributed by atoms with Crippen LogP contribution < -0.4 is 0 Å². The van der Waals surface area contributed by atoms with Gasteiger partial charge in [0.15, 0.2) is 8.46 Å². The van der Waals surface area contributed by atoms with Crippen LogP contribution in [0.25, 0.3) is 0 Å². The van der Waals surface area contributed by atoms with Crippen LogP contribution in [0.3, 0.4) is 0 Å². The van der Waals surface area contributed by atoms with E-state index in [4.69, 9.17) is 4.74 Å². The van der Waals surface area contributed by atoms with Crippen molar-refractivity contribution in [1.82, 2.24) is 0 Å². The van der Waals surface area contributed by atoms with Crippen LogP contribution in [0.15, 0.2) is 0 Å².